The first-order chi connectivity index (χ1) is 9.46. The van der Waals surface area contributed by atoms with Crippen molar-refractivity contribution < 1.29 is 49.1 Å². The fourth-order valence-electron chi connectivity index (χ4n) is 0.997. The molecule has 1 fully saturated rings. The van der Waals surface area contributed by atoms with E-state index in [9.17, 15) is 39.9 Å². The van der Waals surface area contributed by atoms with Gasteiger partial charge in [-0.1, -0.05) is 0 Å². The molecule has 6 nitrogen and oxygen atoms in total. The van der Waals surface area contributed by atoms with Gasteiger partial charge in [-0.25, -0.2) is 0 Å². The van der Waals surface area contributed by atoms with Crippen LogP contribution in [-0.4, -0.2) is 70.9 Å². The predicted molar refractivity (Wildman–Crippen MR) is 61.1 cm³/mol. The number of sulfonamides is 1. The van der Waals surface area contributed by atoms with E-state index in [1.807, 2.05) is 0 Å². The van der Waals surface area contributed by atoms with E-state index in [2.05, 4.69) is 21.1 Å². The Morgan fingerprint density at radius 1 is 1.23 bits per heavy atom. The van der Waals surface area contributed by atoms with Crippen LogP contribution in [0.4, 0.5) is 26.3 Å². The van der Waals surface area contributed by atoms with Crippen LogP contribution in [0.3, 0.4) is 0 Å². The van der Waals surface area contributed by atoms with E-state index in [1.165, 1.54) is 0 Å². The molecule has 13 heteroatoms. The van der Waals surface area contributed by atoms with Gasteiger partial charge < -0.3 is 14.3 Å². The summed E-state index contributed by atoms with van der Waals surface area (Å²) in [4.78, 5) is 0. The molecule has 1 unspecified atom stereocenters. The highest BCUT2D eigenvalue weighted by molar-refractivity contribution is 7.91. The second-order valence-corrected chi connectivity index (χ2v) is 6.84. The third kappa shape index (κ3) is 8.38. The van der Waals surface area contributed by atoms with Gasteiger partial charge >= 0.3 is 21.7 Å². The number of alkyl halides is 6. The normalized spacial score (nSPS) is 20.2. The Labute approximate surface area is 122 Å². The number of halogens is 6. The largest absolute Gasteiger partial charge is 0.855 e. The summed E-state index contributed by atoms with van der Waals surface area (Å²) < 4.78 is 94.9. The molecule has 0 amide bonds. The maximum atomic E-state index is 11.4. The van der Waals surface area contributed by atoms with Crippen molar-refractivity contribution in [3.05, 3.63) is 0 Å². The topological polar surface area (TPSA) is 82.1 Å². The lowest BCUT2D eigenvalue weighted by molar-refractivity contribution is -0.870. The summed E-state index contributed by atoms with van der Waals surface area (Å²) in [6, 6.07) is 0. The molecule has 1 atom stereocenters. The van der Waals surface area contributed by atoms with Crippen LogP contribution < -0.4 is 5.11 Å². The van der Waals surface area contributed by atoms with Gasteiger partial charge in [0.15, 0.2) is 0 Å². The number of epoxide rings is 1. The maximum Gasteiger partial charge on any atom is 0.518 e. The molecule has 0 aromatic heterocycles. The first kappa shape index (κ1) is 20.9. The highest BCUT2D eigenvalue weighted by Gasteiger charge is 2.47. The molecule has 0 radical (unpaired) electrons. The first-order valence-corrected chi connectivity index (χ1v) is 6.97. The van der Waals surface area contributed by atoms with Crippen LogP contribution >= 0.6 is 0 Å². The molecule has 0 spiro atoms. The summed E-state index contributed by atoms with van der Waals surface area (Å²) in [5, 5.41) is 9.76. The molecule has 0 aromatic carbocycles. The summed E-state index contributed by atoms with van der Waals surface area (Å²) in [5.41, 5.74) is -6.02. The molecule has 132 valence electrons. The summed E-state index contributed by atoms with van der Waals surface area (Å²) in [5.74, 6) is -3.32. The van der Waals surface area contributed by atoms with Gasteiger partial charge in [-0.2, -0.15) is 39.2 Å². The first-order valence-electron chi connectivity index (χ1n) is 5.53. The minimum Gasteiger partial charge on any atom is -0.855 e. The summed E-state index contributed by atoms with van der Waals surface area (Å²) in [6.07, 6.45) is -5.19. The van der Waals surface area contributed by atoms with Gasteiger partial charge in [-0.15, -0.1) is 0 Å². The van der Waals surface area contributed by atoms with E-state index in [0.717, 1.165) is 22.0 Å². The second kappa shape index (κ2) is 6.58. The molecule has 0 N–H and O–H groups in total. The van der Waals surface area contributed by atoms with Crippen molar-refractivity contribution in [1.82, 2.24) is 0 Å². The fourth-order valence-corrected chi connectivity index (χ4v) is 1.42. The van der Waals surface area contributed by atoms with E-state index in [-0.39, 0.29) is 0 Å². The molecule has 22 heavy (non-hydrogen) atoms. The van der Waals surface area contributed by atoms with Crippen molar-refractivity contribution in [3.8, 4) is 0 Å². The van der Waals surface area contributed by atoms with E-state index in [1.54, 1.807) is 0 Å². The lowest BCUT2D eigenvalue weighted by atomic mass is 10.4. The van der Waals surface area contributed by atoms with Crippen LogP contribution in [0.15, 0.2) is 4.40 Å². The minimum absolute atomic E-state index is 0.565. The van der Waals surface area contributed by atoms with Gasteiger partial charge in [0.25, 0.3) is 0 Å². The van der Waals surface area contributed by atoms with Crippen LogP contribution in [0, 0.1) is 0 Å². The molecule has 1 aliphatic heterocycles. The van der Waals surface area contributed by atoms with Gasteiger partial charge in [0.1, 0.15) is 12.6 Å². The molecule has 1 heterocycles. The number of ether oxygens (including phenoxy) is 1. The lowest BCUT2D eigenvalue weighted by Gasteiger charge is -2.22. The fraction of sp³-hybridized carbons (Fsp3) is 0.889. The third-order valence-corrected chi connectivity index (χ3v) is 2.88. The summed E-state index contributed by atoms with van der Waals surface area (Å²) in [7, 11) is 0.122. The van der Waals surface area contributed by atoms with Crippen molar-refractivity contribution in [2.75, 3.05) is 34.3 Å². The Morgan fingerprint density at radius 2 is 1.64 bits per heavy atom. The maximum absolute atomic E-state index is 11.4. The average molecular weight is 360 g/mol. The highest BCUT2D eigenvalue weighted by Crippen LogP contribution is 2.26. The molecule has 0 saturated carbocycles. The molecule has 1 rings (SSSR count). The Hall–Kier alpha value is -1.08. The van der Waals surface area contributed by atoms with Gasteiger partial charge in [-0.3, -0.25) is 0 Å². The van der Waals surface area contributed by atoms with Crippen molar-refractivity contribution in [1.29, 1.82) is 0 Å². The summed E-state index contributed by atoms with van der Waals surface area (Å²) >= 11 is 0. The SMILES string of the molecule is C[N+](C)(C)CC1CO1.O=S(=O)(N=C([O-])C(F)(F)F)C(F)(F)F. The van der Waals surface area contributed by atoms with Crippen LogP contribution in [0.5, 0.6) is 0 Å². The molecular weight excluding hydrogens is 346 g/mol. The quantitative estimate of drug-likeness (QED) is 0.238. The number of hydrogen-bond acceptors (Lipinski definition) is 4. The summed E-state index contributed by atoms with van der Waals surface area (Å²) in [6.45, 7) is 2.13. The van der Waals surface area contributed by atoms with Crippen LogP contribution in [0.25, 0.3) is 0 Å². The Morgan fingerprint density at radius 3 is 1.82 bits per heavy atom. The zero-order valence-electron chi connectivity index (χ0n) is 11.7. The molecule has 0 aliphatic carbocycles. The number of quaternary nitrogens is 1. The van der Waals surface area contributed by atoms with E-state index in [0.29, 0.717) is 6.10 Å². The lowest BCUT2D eigenvalue weighted by Crippen LogP contribution is -2.37. The van der Waals surface area contributed by atoms with Crippen molar-refractivity contribution in [3.63, 3.8) is 0 Å². The smallest absolute Gasteiger partial charge is 0.518 e. The Bertz CT molecular complexity index is 502. The average Bonchev–Trinajstić information content (AvgIpc) is 2.95. The van der Waals surface area contributed by atoms with E-state index in [4.69, 9.17) is 4.74 Å². The van der Waals surface area contributed by atoms with E-state index >= 15 is 0 Å². The Kier molecular flexibility index (Phi) is 6.26. The predicted octanol–water partition coefficient (Wildman–Crippen LogP) is 0.248. The molecule has 1 saturated heterocycles. The standard InChI is InChI=1S/C6H14NO.C3HF6NO3S/c1-7(2,3)4-6-5-8-6;4-2(5,6)1(11)10-14(12,13)3(7,8)9/h6H,4-5H2,1-3H3;(H,10,11)/q+1;/p-1. The highest BCUT2D eigenvalue weighted by atomic mass is 32.2. The molecule has 0 aromatic rings. The van der Waals surface area contributed by atoms with Crippen molar-refractivity contribution >= 4 is 15.9 Å². The van der Waals surface area contributed by atoms with Gasteiger partial charge in [0.2, 0.25) is 0 Å². The monoisotopic (exact) mass is 360 g/mol. The minimum atomic E-state index is -6.42. The zero-order valence-corrected chi connectivity index (χ0v) is 12.5. The van der Waals surface area contributed by atoms with Crippen LogP contribution in [0.2, 0.25) is 0 Å². The zero-order chi connectivity index (χ0) is 18.0. The number of rotatable bonds is 3. The molecular formula is C9H14F6N2O4S. The third-order valence-electron chi connectivity index (χ3n) is 1.89. The van der Waals surface area contributed by atoms with Gasteiger partial charge in [0.05, 0.1) is 33.6 Å². The van der Waals surface area contributed by atoms with Crippen LogP contribution in [0.1, 0.15) is 0 Å². The van der Waals surface area contributed by atoms with Crippen molar-refractivity contribution in [2.24, 2.45) is 4.40 Å². The van der Waals surface area contributed by atoms with Crippen molar-refractivity contribution in [2.45, 2.75) is 17.8 Å². The molecule has 0 bridgehead atoms. The Balaban J connectivity index is 0.000000461. The number of hydrogen-bond donors (Lipinski definition) is 0. The van der Waals surface area contributed by atoms with E-state index < -0.39 is 27.6 Å². The second-order valence-electron chi connectivity index (χ2n) is 5.24. The number of nitrogens with zero attached hydrogens (tertiary/aromatic N) is 2. The number of likely N-dealkylation sites (N-methyl/N-ethyl adjacent to an activating group) is 1. The van der Waals surface area contributed by atoms with Gasteiger partial charge in [0, 0.05) is 0 Å². The molecule has 1 aliphatic rings. The van der Waals surface area contributed by atoms with Gasteiger partial charge in [-0.05, 0) is 0 Å². The van der Waals surface area contributed by atoms with Crippen LogP contribution in [-0.2, 0) is 14.8 Å².